The summed E-state index contributed by atoms with van der Waals surface area (Å²) in [7, 11) is 0.804. The Bertz CT molecular complexity index is 126. The summed E-state index contributed by atoms with van der Waals surface area (Å²) in [6, 6.07) is 0. The molecule has 0 aromatic heterocycles. The molecule has 0 aromatic rings. The van der Waals surface area contributed by atoms with E-state index in [-0.39, 0.29) is 4.32 Å². The van der Waals surface area contributed by atoms with Gasteiger partial charge < -0.3 is 4.74 Å². The molecule has 13 heavy (non-hydrogen) atoms. The summed E-state index contributed by atoms with van der Waals surface area (Å²) < 4.78 is 5.03. The Hall–Kier alpha value is 1.24. The first-order valence-electron chi connectivity index (χ1n) is 4.35. The average molecular weight is 308 g/mol. The van der Waals surface area contributed by atoms with Gasteiger partial charge in [0, 0.05) is 21.2 Å². The van der Waals surface area contributed by atoms with Gasteiger partial charge in [0.25, 0.3) is 0 Å². The smallest absolute Gasteiger partial charge is 0.0973 e. The van der Waals surface area contributed by atoms with Crippen LogP contribution in [0.15, 0.2) is 0 Å². The molecule has 5 heteroatoms. The highest BCUT2D eigenvalue weighted by atomic mass is 79.9. The van der Waals surface area contributed by atoms with Crippen molar-refractivity contribution in [1.29, 1.82) is 0 Å². The molecule has 0 aliphatic rings. The van der Waals surface area contributed by atoms with Crippen molar-refractivity contribution in [3.05, 3.63) is 0 Å². The Labute approximate surface area is 102 Å². The van der Waals surface area contributed by atoms with Gasteiger partial charge in [0.2, 0.25) is 0 Å². The number of hydrogen-bond donors (Lipinski definition) is 0. The Morgan fingerprint density at radius 3 is 2.31 bits per heavy atom. The van der Waals surface area contributed by atoms with E-state index in [1.54, 1.807) is 0 Å². The molecule has 0 N–H and O–H groups in total. The van der Waals surface area contributed by atoms with Crippen molar-refractivity contribution in [3.63, 3.8) is 0 Å². The van der Waals surface area contributed by atoms with Crippen molar-refractivity contribution in [2.75, 3.05) is 13.2 Å². The maximum Gasteiger partial charge on any atom is 0.0973 e. The van der Waals surface area contributed by atoms with E-state index < -0.39 is 3.96 Å². The van der Waals surface area contributed by atoms with Crippen LogP contribution in [0, 0.1) is 0 Å². The first-order chi connectivity index (χ1) is 5.71. The Morgan fingerprint density at radius 1 is 1.38 bits per heavy atom. The molecule has 0 atom stereocenters. The lowest BCUT2D eigenvalue weighted by atomic mass is 10.2. The van der Waals surface area contributed by atoms with Crippen LogP contribution in [0.3, 0.4) is 0 Å². The highest BCUT2D eigenvalue weighted by Gasteiger charge is 2.16. The highest BCUT2D eigenvalue weighted by Crippen LogP contribution is 2.22. The van der Waals surface area contributed by atoms with E-state index >= 15 is 0 Å². The lowest BCUT2D eigenvalue weighted by molar-refractivity contribution is 0.118. The Balaban J connectivity index is 3.28. The van der Waals surface area contributed by atoms with Crippen molar-refractivity contribution in [2.24, 2.45) is 0 Å². The van der Waals surface area contributed by atoms with Crippen molar-refractivity contribution in [3.8, 4) is 0 Å². The molecule has 0 aromatic carbocycles. The fraction of sp³-hybridized carbons (Fsp3) is 1.00. The first kappa shape index (κ1) is 14.2. The van der Waals surface area contributed by atoms with E-state index in [2.05, 4.69) is 29.8 Å². The summed E-state index contributed by atoms with van der Waals surface area (Å²) in [5.74, 6) is 0. The minimum Gasteiger partial charge on any atom is -0.380 e. The molecule has 0 bridgehead atoms. The normalized spacial score (nSPS) is 13.6. The zero-order valence-electron chi connectivity index (χ0n) is 8.37. The lowest BCUT2D eigenvalue weighted by Gasteiger charge is -2.17. The molecule has 0 heterocycles. The third kappa shape index (κ3) is 13.2. The maximum atomic E-state index is 5.86. The van der Waals surface area contributed by atoms with Gasteiger partial charge in [-0.3, -0.25) is 0 Å². The largest absolute Gasteiger partial charge is 0.380 e. The van der Waals surface area contributed by atoms with E-state index in [1.807, 2.05) is 0 Å². The fourth-order valence-electron chi connectivity index (χ4n) is 0.800. The molecule has 0 radical (unpaired) electrons. The van der Waals surface area contributed by atoms with Crippen LogP contribution < -0.4 is 0 Å². The summed E-state index contributed by atoms with van der Waals surface area (Å²) in [4.78, 5) is 0. The van der Waals surface area contributed by atoms with E-state index in [1.165, 1.54) is 0 Å². The third-order valence-corrected chi connectivity index (χ3v) is 2.46. The van der Waals surface area contributed by atoms with Gasteiger partial charge in [0.1, 0.15) is 0 Å². The third-order valence-electron chi connectivity index (χ3n) is 1.35. The molecule has 0 unspecified atom stereocenters. The second kappa shape index (κ2) is 5.96. The van der Waals surface area contributed by atoms with Crippen LogP contribution in [-0.2, 0) is 4.74 Å². The minimum atomic E-state index is -0.479. The van der Waals surface area contributed by atoms with Gasteiger partial charge >= 0.3 is 0 Å². The van der Waals surface area contributed by atoms with Crippen LogP contribution in [0.5, 0.6) is 0 Å². The molecule has 0 saturated carbocycles. The van der Waals surface area contributed by atoms with Gasteiger partial charge in [-0.05, 0) is 26.7 Å². The molecular weight excluding hydrogens is 291 g/mol. The Kier molecular flexibility index (Phi) is 6.53. The fourth-order valence-corrected chi connectivity index (χ4v) is 1.58. The van der Waals surface area contributed by atoms with Crippen molar-refractivity contribution in [2.45, 2.75) is 35.0 Å². The summed E-state index contributed by atoms with van der Waals surface area (Å²) in [5.41, 5.74) is 0. The number of halogens is 3. The monoisotopic (exact) mass is 306 g/mol. The summed E-state index contributed by atoms with van der Waals surface area (Å²) in [6.45, 7) is 5.60. The van der Waals surface area contributed by atoms with E-state index in [4.69, 9.17) is 27.9 Å². The van der Waals surface area contributed by atoms with Gasteiger partial charge in [0.15, 0.2) is 0 Å². The number of rotatable bonds is 6. The van der Waals surface area contributed by atoms with Crippen LogP contribution in [0.2, 0.25) is 0 Å². The average Bonchev–Trinajstić information content (AvgIpc) is 1.81. The van der Waals surface area contributed by atoms with Crippen LogP contribution in [0.4, 0.5) is 0 Å². The van der Waals surface area contributed by atoms with Crippen molar-refractivity contribution < 1.29 is 4.74 Å². The SMILES string of the molecule is CC(C)(Br)COCCCC([SiH3])(Cl)Cl. The predicted octanol–water partition coefficient (Wildman–Crippen LogP) is 2.45. The molecule has 1 nitrogen and oxygen atoms in total. The van der Waals surface area contributed by atoms with Gasteiger partial charge in [-0.1, -0.05) is 15.9 Å². The first-order valence-corrected chi connectivity index (χ1v) is 6.90. The van der Waals surface area contributed by atoms with Crippen LogP contribution in [0.1, 0.15) is 26.7 Å². The summed E-state index contributed by atoms with van der Waals surface area (Å²) in [5, 5.41) is 0. The minimum absolute atomic E-state index is 0.0625. The predicted molar refractivity (Wildman–Crippen MR) is 67.4 cm³/mol. The zero-order chi connectivity index (χ0) is 10.5. The van der Waals surface area contributed by atoms with E-state index in [0.717, 1.165) is 29.7 Å². The molecule has 0 spiro atoms. The van der Waals surface area contributed by atoms with Crippen LogP contribution in [0.25, 0.3) is 0 Å². The Morgan fingerprint density at radius 2 is 1.92 bits per heavy atom. The molecule has 0 aliphatic heterocycles. The molecule has 0 rings (SSSR count). The zero-order valence-corrected chi connectivity index (χ0v) is 13.5. The highest BCUT2D eigenvalue weighted by molar-refractivity contribution is 9.10. The molecule has 80 valence electrons. The number of alkyl halides is 3. The maximum absolute atomic E-state index is 5.86. The number of ether oxygens (including phenoxy) is 1. The van der Waals surface area contributed by atoms with Gasteiger partial charge in [-0.15, -0.1) is 23.2 Å². The van der Waals surface area contributed by atoms with Gasteiger partial charge in [-0.25, -0.2) is 0 Å². The second-order valence-electron chi connectivity index (χ2n) is 3.95. The van der Waals surface area contributed by atoms with Crippen molar-refractivity contribution >= 4 is 49.4 Å². The second-order valence-corrected chi connectivity index (χ2v) is 10.9. The summed E-state index contributed by atoms with van der Waals surface area (Å²) in [6.07, 6.45) is 1.75. The molecule has 0 aliphatic carbocycles. The topological polar surface area (TPSA) is 9.23 Å². The van der Waals surface area contributed by atoms with Gasteiger partial charge in [-0.2, -0.15) is 0 Å². The number of hydrogen-bond acceptors (Lipinski definition) is 1. The molecule has 0 amide bonds. The quantitative estimate of drug-likeness (QED) is 0.416. The van der Waals surface area contributed by atoms with Gasteiger partial charge in [0.05, 0.1) is 10.6 Å². The standard InChI is InChI=1S/C8H17BrCl2OSi/c1-7(2,9)6-12-5-3-4-8(10,11)13/h3-6H2,1-2,13H3. The van der Waals surface area contributed by atoms with Crippen LogP contribution >= 0.6 is 39.1 Å². The van der Waals surface area contributed by atoms with E-state index in [0.29, 0.717) is 6.61 Å². The molecule has 0 fully saturated rings. The summed E-state index contributed by atoms with van der Waals surface area (Å²) >= 11 is 15.2. The van der Waals surface area contributed by atoms with Crippen LogP contribution in [-0.4, -0.2) is 31.7 Å². The lowest BCUT2D eigenvalue weighted by Crippen LogP contribution is -2.19. The molecular formula is C8H17BrCl2OSi. The van der Waals surface area contributed by atoms with Crippen molar-refractivity contribution in [1.82, 2.24) is 0 Å². The van der Waals surface area contributed by atoms with E-state index in [9.17, 15) is 0 Å². The molecule has 0 saturated heterocycles.